The lowest BCUT2D eigenvalue weighted by Gasteiger charge is -2.12. The van der Waals surface area contributed by atoms with Crippen LogP contribution in [0.1, 0.15) is 5.56 Å². The fourth-order valence-corrected chi connectivity index (χ4v) is 5.27. The summed E-state index contributed by atoms with van der Waals surface area (Å²) in [4.78, 5) is 10.1. The molecule has 7 rings (SSSR count). The monoisotopic (exact) mass is 499 g/mol. The second-order valence-electron chi connectivity index (χ2n) is 9.58. The number of hydrogen-bond donors (Lipinski definition) is 0. The van der Waals surface area contributed by atoms with E-state index in [-0.39, 0.29) is 0 Å². The quantitative estimate of drug-likeness (QED) is 0.236. The van der Waals surface area contributed by atoms with Gasteiger partial charge in [-0.25, -0.2) is 9.97 Å². The molecule has 0 aliphatic heterocycles. The minimum Gasteiger partial charge on any atom is -0.309 e. The summed E-state index contributed by atoms with van der Waals surface area (Å²) in [5.41, 5.74) is 9.40. The summed E-state index contributed by atoms with van der Waals surface area (Å²) in [5.74, 6) is 0.701. The van der Waals surface area contributed by atoms with Crippen molar-refractivity contribution in [2.75, 3.05) is 0 Å². The molecule has 0 saturated carbocycles. The first-order chi connectivity index (χ1) is 19.3. The summed E-state index contributed by atoms with van der Waals surface area (Å²) >= 11 is 0. The lowest BCUT2D eigenvalue weighted by atomic mass is 10.1. The molecule has 39 heavy (non-hydrogen) atoms. The summed E-state index contributed by atoms with van der Waals surface area (Å²) in [5, 5.41) is 2.43. The standard InChI is InChI=1S/C36H25N3/c1-2-25-20-21-35-31(22-25)30-18-9-10-19-34(30)39(35)29-17-11-16-28(23-29)36-37-32(26-12-5-3-6-13-26)24-33(38-36)27-14-7-4-8-15-27/h2-24H,1H2. The van der Waals surface area contributed by atoms with Crippen LogP contribution >= 0.6 is 0 Å². The van der Waals surface area contributed by atoms with Gasteiger partial charge >= 0.3 is 0 Å². The normalized spacial score (nSPS) is 11.2. The van der Waals surface area contributed by atoms with E-state index in [4.69, 9.17) is 9.97 Å². The van der Waals surface area contributed by atoms with E-state index in [1.807, 2.05) is 42.5 Å². The molecule has 0 fully saturated rings. The average Bonchev–Trinajstić information content (AvgIpc) is 3.35. The molecular formula is C36H25N3. The Morgan fingerprint density at radius 3 is 1.82 bits per heavy atom. The number of hydrogen-bond acceptors (Lipinski definition) is 2. The first kappa shape index (κ1) is 22.9. The van der Waals surface area contributed by atoms with Gasteiger partial charge in [-0.3, -0.25) is 0 Å². The van der Waals surface area contributed by atoms with Gasteiger partial charge in [-0.2, -0.15) is 0 Å². The molecule has 0 radical (unpaired) electrons. The summed E-state index contributed by atoms with van der Waals surface area (Å²) in [6.45, 7) is 3.97. The molecular weight excluding hydrogens is 474 g/mol. The van der Waals surface area contributed by atoms with E-state index < -0.39 is 0 Å². The van der Waals surface area contributed by atoms with Crippen LogP contribution in [0, 0.1) is 0 Å². The van der Waals surface area contributed by atoms with Crippen molar-refractivity contribution in [2.45, 2.75) is 0 Å². The lowest BCUT2D eigenvalue weighted by Crippen LogP contribution is -1.98. The van der Waals surface area contributed by atoms with Gasteiger partial charge in [-0.1, -0.05) is 110 Å². The van der Waals surface area contributed by atoms with Crippen molar-refractivity contribution in [2.24, 2.45) is 0 Å². The predicted molar refractivity (Wildman–Crippen MR) is 163 cm³/mol. The van der Waals surface area contributed by atoms with Crippen molar-refractivity contribution in [3.05, 3.63) is 146 Å². The van der Waals surface area contributed by atoms with Gasteiger partial charge in [-0.15, -0.1) is 0 Å². The van der Waals surface area contributed by atoms with E-state index in [2.05, 4.69) is 108 Å². The molecule has 0 N–H and O–H groups in total. The minimum atomic E-state index is 0.701. The van der Waals surface area contributed by atoms with Crippen molar-refractivity contribution >= 4 is 27.9 Å². The summed E-state index contributed by atoms with van der Waals surface area (Å²) in [7, 11) is 0. The smallest absolute Gasteiger partial charge is 0.160 e. The number of rotatable bonds is 5. The van der Waals surface area contributed by atoms with Gasteiger partial charge < -0.3 is 4.57 Å². The van der Waals surface area contributed by atoms with Crippen molar-refractivity contribution in [1.82, 2.24) is 14.5 Å². The van der Waals surface area contributed by atoms with Crippen LogP contribution in [-0.4, -0.2) is 14.5 Å². The van der Waals surface area contributed by atoms with Crippen LogP contribution < -0.4 is 0 Å². The van der Waals surface area contributed by atoms with E-state index in [0.717, 1.165) is 50.4 Å². The van der Waals surface area contributed by atoms with Gasteiger partial charge in [0.1, 0.15) is 0 Å². The second kappa shape index (κ2) is 9.55. The third-order valence-corrected chi connectivity index (χ3v) is 7.16. The molecule has 2 aromatic heterocycles. The lowest BCUT2D eigenvalue weighted by molar-refractivity contribution is 1.16. The number of aromatic nitrogens is 3. The van der Waals surface area contributed by atoms with Crippen LogP contribution in [-0.2, 0) is 0 Å². The number of para-hydroxylation sites is 1. The minimum absolute atomic E-state index is 0.701. The molecule has 0 unspecified atom stereocenters. The summed E-state index contributed by atoms with van der Waals surface area (Å²) in [6, 6.07) is 46.2. The van der Waals surface area contributed by atoms with E-state index in [0.29, 0.717) is 5.82 Å². The molecule has 0 atom stereocenters. The Balaban J connectivity index is 1.43. The third-order valence-electron chi connectivity index (χ3n) is 7.16. The van der Waals surface area contributed by atoms with E-state index in [9.17, 15) is 0 Å². The molecule has 0 bridgehead atoms. The fourth-order valence-electron chi connectivity index (χ4n) is 5.27. The molecule has 3 nitrogen and oxygen atoms in total. The van der Waals surface area contributed by atoms with Gasteiger partial charge in [0.2, 0.25) is 0 Å². The zero-order valence-corrected chi connectivity index (χ0v) is 21.3. The van der Waals surface area contributed by atoms with Crippen LogP contribution in [0.5, 0.6) is 0 Å². The van der Waals surface area contributed by atoms with Crippen LogP contribution in [0.15, 0.2) is 140 Å². The molecule has 0 aliphatic carbocycles. The maximum Gasteiger partial charge on any atom is 0.160 e. The van der Waals surface area contributed by atoms with Crippen LogP contribution in [0.4, 0.5) is 0 Å². The highest BCUT2D eigenvalue weighted by atomic mass is 15.0. The van der Waals surface area contributed by atoms with Crippen LogP contribution in [0.2, 0.25) is 0 Å². The van der Waals surface area contributed by atoms with E-state index >= 15 is 0 Å². The molecule has 2 heterocycles. The Bertz CT molecular complexity index is 1910. The first-order valence-corrected chi connectivity index (χ1v) is 13.0. The number of benzene rings is 5. The van der Waals surface area contributed by atoms with E-state index in [1.54, 1.807) is 0 Å². The van der Waals surface area contributed by atoms with Gasteiger partial charge in [0.15, 0.2) is 5.82 Å². The summed E-state index contributed by atoms with van der Waals surface area (Å²) in [6.07, 6.45) is 1.90. The van der Waals surface area contributed by atoms with Crippen molar-refractivity contribution < 1.29 is 0 Å². The van der Waals surface area contributed by atoms with Crippen molar-refractivity contribution in [1.29, 1.82) is 0 Å². The Hall–Kier alpha value is -5.28. The number of fused-ring (bicyclic) bond motifs is 3. The molecule has 3 heteroatoms. The van der Waals surface area contributed by atoms with Gasteiger partial charge in [-0.05, 0) is 42.0 Å². The Labute approximate surface area is 227 Å². The highest BCUT2D eigenvalue weighted by Crippen LogP contribution is 2.34. The maximum atomic E-state index is 5.04. The third kappa shape index (κ3) is 4.11. The average molecular weight is 500 g/mol. The van der Waals surface area contributed by atoms with Gasteiger partial charge in [0, 0.05) is 33.2 Å². The second-order valence-corrected chi connectivity index (χ2v) is 9.58. The van der Waals surface area contributed by atoms with Gasteiger partial charge in [0.05, 0.1) is 22.4 Å². The van der Waals surface area contributed by atoms with Crippen LogP contribution in [0.3, 0.4) is 0 Å². The highest BCUT2D eigenvalue weighted by Gasteiger charge is 2.15. The first-order valence-electron chi connectivity index (χ1n) is 13.0. The predicted octanol–water partition coefficient (Wildman–Crippen LogP) is 9.22. The Kier molecular flexibility index (Phi) is 5.60. The summed E-state index contributed by atoms with van der Waals surface area (Å²) < 4.78 is 2.32. The molecule has 0 amide bonds. The SMILES string of the molecule is C=Cc1ccc2c(c1)c1ccccc1n2-c1cccc(-c2nc(-c3ccccc3)cc(-c3ccccc3)n2)c1. The Morgan fingerprint density at radius 1 is 0.513 bits per heavy atom. The molecule has 5 aromatic carbocycles. The van der Waals surface area contributed by atoms with Crippen LogP contribution in [0.25, 0.3) is 67.5 Å². The largest absolute Gasteiger partial charge is 0.309 e. The zero-order chi connectivity index (χ0) is 26.2. The van der Waals surface area contributed by atoms with E-state index in [1.165, 1.54) is 10.8 Å². The number of nitrogens with zero attached hydrogens (tertiary/aromatic N) is 3. The van der Waals surface area contributed by atoms with Crippen molar-refractivity contribution in [3.8, 4) is 39.6 Å². The molecule has 0 saturated heterocycles. The highest BCUT2D eigenvalue weighted by molar-refractivity contribution is 6.09. The topological polar surface area (TPSA) is 30.7 Å². The zero-order valence-electron chi connectivity index (χ0n) is 21.3. The molecule has 0 aliphatic rings. The molecule has 184 valence electrons. The maximum absolute atomic E-state index is 5.04. The fraction of sp³-hybridized carbons (Fsp3) is 0. The Morgan fingerprint density at radius 2 is 1.13 bits per heavy atom. The van der Waals surface area contributed by atoms with Crippen molar-refractivity contribution in [3.63, 3.8) is 0 Å². The van der Waals surface area contributed by atoms with Gasteiger partial charge in [0.25, 0.3) is 0 Å². The molecule has 0 spiro atoms. The molecule has 7 aromatic rings.